The van der Waals surface area contributed by atoms with E-state index in [1.54, 1.807) is 0 Å². The predicted molar refractivity (Wildman–Crippen MR) is 126 cm³/mol. The molecule has 192 valence electrons. The molecule has 5 fully saturated rings. The smallest absolute Gasteiger partial charge is 0.201 e. The maximum absolute atomic E-state index is 8.82. The van der Waals surface area contributed by atoms with E-state index in [9.17, 15) is 0 Å². The van der Waals surface area contributed by atoms with Crippen molar-refractivity contribution in [1.29, 1.82) is 0 Å². The van der Waals surface area contributed by atoms with Gasteiger partial charge in [-0.05, 0) is 50.9 Å². The molecule has 0 aromatic heterocycles. The van der Waals surface area contributed by atoms with Gasteiger partial charge in [-0.3, -0.25) is 0 Å². The highest BCUT2D eigenvalue weighted by atomic mass is 17.3. The van der Waals surface area contributed by atoms with Crippen LogP contribution in [-0.2, 0) is 24.0 Å². The minimum Gasteiger partial charge on any atom is -0.396 e. The molecular weight excluding hydrogens is 420 g/mol. The Morgan fingerprint density at radius 2 is 1.48 bits per heavy atom. The largest absolute Gasteiger partial charge is 0.396 e. The van der Waals surface area contributed by atoms with E-state index < -0.39 is 17.7 Å². The molecule has 1 N–H and O–H groups in total. The van der Waals surface area contributed by atoms with Crippen LogP contribution in [0.1, 0.15) is 111 Å². The first-order chi connectivity index (χ1) is 16.0. The van der Waals surface area contributed by atoms with E-state index in [4.69, 9.17) is 29.1 Å². The third-order valence-electron chi connectivity index (χ3n) is 8.93. The summed E-state index contributed by atoms with van der Waals surface area (Å²) < 4.78 is 19.2. The number of rotatable bonds is 13. The molecule has 5 aliphatic rings. The molecule has 6 heteroatoms. The fourth-order valence-corrected chi connectivity index (χ4v) is 6.89. The van der Waals surface area contributed by atoms with Gasteiger partial charge in [0.15, 0.2) is 18.2 Å². The Labute approximate surface area is 200 Å². The van der Waals surface area contributed by atoms with Crippen LogP contribution in [0.4, 0.5) is 0 Å². The third kappa shape index (κ3) is 5.62. The lowest BCUT2D eigenvalue weighted by Crippen LogP contribution is -2.70. The molecule has 4 aliphatic heterocycles. The van der Waals surface area contributed by atoms with Crippen molar-refractivity contribution in [2.45, 2.75) is 135 Å². The molecule has 1 unspecified atom stereocenters. The van der Waals surface area contributed by atoms with E-state index in [-0.39, 0.29) is 12.2 Å². The molecule has 4 heterocycles. The lowest BCUT2D eigenvalue weighted by Gasteiger charge is -2.60. The standard InChI is InChI=1S/C27H48O6/c1-20-14-15-23-21(2)24(29-19-13-11-9-7-5-4-6-8-10-12-18-28)30-25-27(23)22(20)16-17-26(3,31-25)32-33-27/h20-25,28H,4-19H2,1-3H3/t20-,21-,22+,23+,24?,25-,26-,27-/m1/s1. The van der Waals surface area contributed by atoms with Crippen LogP contribution in [-0.4, -0.2) is 42.3 Å². The normalized spacial score (nSPS) is 42.2. The van der Waals surface area contributed by atoms with E-state index in [0.29, 0.717) is 24.4 Å². The molecule has 5 rings (SSSR count). The quantitative estimate of drug-likeness (QED) is 0.260. The maximum atomic E-state index is 8.82. The molecule has 0 aromatic carbocycles. The average Bonchev–Trinajstić information content (AvgIpc) is 3.03. The van der Waals surface area contributed by atoms with E-state index in [2.05, 4.69) is 13.8 Å². The minimum atomic E-state index is -0.721. The molecule has 1 saturated carbocycles. The second kappa shape index (κ2) is 11.7. The number of hydrogen-bond acceptors (Lipinski definition) is 6. The summed E-state index contributed by atoms with van der Waals surface area (Å²) >= 11 is 0. The lowest BCUT2D eigenvalue weighted by molar-refractivity contribution is -0.577. The van der Waals surface area contributed by atoms with Crippen LogP contribution < -0.4 is 0 Å². The number of fused-ring (bicyclic) bond motifs is 2. The van der Waals surface area contributed by atoms with Gasteiger partial charge in [-0.2, -0.15) is 0 Å². The summed E-state index contributed by atoms with van der Waals surface area (Å²) in [5, 5.41) is 8.82. The molecule has 0 aromatic rings. The molecule has 1 aliphatic carbocycles. The molecule has 0 amide bonds. The molecule has 4 saturated heterocycles. The second-order valence-corrected chi connectivity index (χ2v) is 11.4. The average molecular weight is 469 g/mol. The van der Waals surface area contributed by atoms with E-state index in [1.807, 2.05) is 6.92 Å². The van der Waals surface area contributed by atoms with Gasteiger partial charge in [0.05, 0.1) is 0 Å². The Morgan fingerprint density at radius 3 is 2.18 bits per heavy atom. The van der Waals surface area contributed by atoms with Gasteiger partial charge in [-0.15, -0.1) is 0 Å². The Morgan fingerprint density at radius 1 is 0.818 bits per heavy atom. The van der Waals surface area contributed by atoms with Crippen molar-refractivity contribution in [2.24, 2.45) is 23.7 Å². The SMILES string of the molecule is C[C@@H]1CC[C@H]2[C@@H](C)C(OCCCCCCCCCCCCO)O[C@@H]3O[C@@]4(C)CC[C@@H]1[C@]32OO4. The number of hydrogen-bond donors (Lipinski definition) is 1. The number of aliphatic hydroxyl groups is 1. The molecule has 1 spiro atoms. The monoisotopic (exact) mass is 468 g/mol. The molecule has 6 nitrogen and oxygen atoms in total. The first-order valence-electron chi connectivity index (χ1n) is 13.9. The second-order valence-electron chi connectivity index (χ2n) is 11.4. The fraction of sp³-hybridized carbons (Fsp3) is 1.00. The van der Waals surface area contributed by atoms with Crippen LogP contribution in [0, 0.1) is 23.7 Å². The van der Waals surface area contributed by atoms with E-state index in [1.165, 1.54) is 57.8 Å². The van der Waals surface area contributed by atoms with Gasteiger partial charge in [-0.25, -0.2) is 9.78 Å². The number of ether oxygens (including phenoxy) is 3. The first-order valence-corrected chi connectivity index (χ1v) is 13.9. The van der Waals surface area contributed by atoms with Gasteiger partial charge in [0.2, 0.25) is 5.79 Å². The van der Waals surface area contributed by atoms with Gasteiger partial charge in [0, 0.05) is 31.5 Å². The van der Waals surface area contributed by atoms with Crippen LogP contribution in [0.25, 0.3) is 0 Å². The summed E-state index contributed by atoms with van der Waals surface area (Å²) in [6.45, 7) is 7.67. The zero-order valence-electron chi connectivity index (χ0n) is 21.3. The Kier molecular flexibility index (Phi) is 9.13. The van der Waals surface area contributed by atoms with Crippen molar-refractivity contribution >= 4 is 0 Å². The van der Waals surface area contributed by atoms with Crippen molar-refractivity contribution in [2.75, 3.05) is 13.2 Å². The van der Waals surface area contributed by atoms with Gasteiger partial charge in [0.25, 0.3) is 0 Å². The topological polar surface area (TPSA) is 66.4 Å². The van der Waals surface area contributed by atoms with E-state index >= 15 is 0 Å². The predicted octanol–water partition coefficient (Wildman–Crippen LogP) is 6.10. The highest BCUT2D eigenvalue weighted by Crippen LogP contribution is 2.60. The fourth-order valence-electron chi connectivity index (χ4n) is 6.89. The zero-order chi connectivity index (χ0) is 23.3. The summed E-state index contributed by atoms with van der Waals surface area (Å²) in [4.78, 5) is 12.1. The van der Waals surface area contributed by atoms with Crippen LogP contribution in [0.3, 0.4) is 0 Å². The van der Waals surface area contributed by atoms with Gasteiger partial charge < -0.3 is 19.3 Å². The van der Waals surface area contributed by atoms with Gasteiger partial charge >= 0.3 is 0 Å². The number of aliphatic hydroxyl groups excluding tert-OH is 1. The van der Waals surface area contributed by atoms with Crippen molar-refractivity contribution < 1.29 is 29.1 Å². The maximum Gasteiger partial charge on any atom is 0.201 e. The van der Waals surface area contributed by atoms with Gasteiger partial charge in [0.1, 0.15) is 0 Å². The Hall–Kier alpha value is -0.240. The highest BCUT2D eigenvalue weighted by Gasteiger charge is 2.69. The van der Waals surface area contributed by atoms with Crippen LogP contribution >= 0.6 is 0 Å². The van der Waals surface area contributed by atoms with Gasteiger partial charge in [-0.1, -0.05) is 65.2 Å². The summed E-state index contributed by atoms with van der Waals surface area (Å²) in [5.74, 6) is 0.870. The minimum absolute atomic E-state index is 0.231. The van der Waals surface area contributed by atoms with Crippen molar-refractivity contribution in [3.8, 4) is 0 Å². The van der Waals surface area contributed by atoms with Crippen LogP contribution in [0.15, 0.2) is 0 Å². The highest BCUT2D eigenvalue weighted by molar-refractivity contribution is 5.09. The lowest BCUT2D eigenvalue weighted by atomic mass is 9.58. The van der Waals surface area contributed by atoms with Crippen LogP contribution in [0.5, 0.6) is 0 Å². The summed E-state index contributed by atoms with van der Waals surface area (Å²) in [6, 6.07) is 0. The Bertz CT molecular complexity index is 601. The number of unbranched alkanes of at least 4 members (excludes halogenated alkanes) is 9. The first kappa shape index (κ1) is 25.8. The van der Waals surface area contributed by atoms with Crippen molar-refractivity contribution in [3.63, 3.8) is 0 Å². The van der Waals surface area contributed by atoms with Crippen molar-refractivity contribution in [1.82, 2.24) is 0 Å². The molecule has 2 bridgehead atoms. The van der Waals surface area contributed by atoms with Crippen LogP contribution in [0.2, 0.25) is 0 Å². The molecule has 0 radical (unpaired) electrons. The molecular formula is C27H48O6. The Balaban J connectivity index is 1.20. The summed E-state index contributed by atoms with van der Waals surface area (Å²) in [6.07, 6.45) is 15.8. The molecule has 33 heavy (non-hydrogen) atoms. The summed E-state index contributed by atoms with van der Waals surface area (Å²) in [7, 11) is 0. The summed E-state index contributed by atoms with van der Waals surface area (Å²) in [5.41, 5.74) is -0.495. The zero-order valence-corrected chi connectivity index (χ0v) is 21.3. The third-order valence-corrected chi connectivity index (χ3v) is 8.93. The van der Waals surface area contributed by atoms with E-state index in [0.717, 1.165) is 38.7 Å². The molecule has 8 atom stereocenters. The van der Waals surface area contributed by atoms with Crippen molar-refractivity contribution in [3.05, 3.63) is 0 Å².